The van der Waals surface area contributed by atoms with Gasteiger partial charge >= 0.3 is 0 Å². The average Bonchev–Trinajstić information content (AvgIpc) is 2.29. The molecule has 0 N–H and O–H groups in total. The Balaban J connectivity index is 2.48. The molecule has 2 nitrogen and oxygen atoms in total. The van der Waals surface area contributed by atoms with Crippen molar-refractivity contribution in [2.75, 3.05) is 0 Å². The molecule has 0 aliphatic carbocycles. The fourth-order valence-electron chi connectivity index (χ4n) is 1.93. The lowest BCUT2D eigenvalue weighted by Crippen LogP contribution is -1.94. The topological polar surface area (TPSA) is 30.0 Å². The van der Waals surface area contributed by atoms with Gasteiger partial charge in [0, 0.05) is 24.2 Å². The van der Waals surface area contributed by atoms with E-state index >= 15 is 0 Å². The van der Waals surface area contributed by atoms with Crippen molar-refractivity contribution in [2.24, 2.45) is 0 Å². The molecule has 2 rings (SSSR count). The molecule has 0 spiro atoms. The highest BCUT2D eigenvalue weighted by molar-refractivity contribution is 5.85. The van der Waals surface area contributed by atoms with Gasteiger partial charge in [0.05, 0.1) is 0 Å². The lowest BCUT2D eigenvalue weighted by atomic mass is 9.95. The van der Waals surface area contributed by atoms with Crippen LogP contribution in [0, 0.1) is 6.92 Å². The summed E-state index contributed by atoms with van der Waals surface area (Å²) in [6.45, 7) is 4.13. The first kappa shape index (κ1) is 10.8. The molecule has 0 fully saturated rings. The minimum Gasteiger partial charge on any atom is -0.303 e. The molecule has 1 unspecified atom stereocenters. The minimum absolute atomic E-state index is 0.280. The molecule has 1 heterocycles. The van der Waals surface area contributed by atoms with E-state index in [0.29, 0.717) is 6.42 Å². The predicted molar refractivity (Wildman–Crippen MR) is 65.6 cm³/mol. The zero-order valence-electron chi connectivity index (χ0n) is 9.60. The third-order valence-electron chi connectivity index (χ3n) is 3.00. The molecule has 0 amide bonds. The SMILES string of the molecule is Cc1cncc2cc(C(C)CC=O)ccc12. The Kier molecular flexibility index (Phi) is 3.00. The van der Waals surface area contributed by atoms with E-state index in [1.807, 2.05) is 12.4 Å². The minimum atomic E-state index is 0.280. The second-order valence-corrected chi connectivity index (χ2v) is 4.24. The van der Waals surface area contributed by atoms with Gasteiger partial charge in [-0.2, -0.15) is 0 Å². The highest BCUT2D eigenvalue weighted by Crippen LogP contribution is 2.24. The highest BCUT2D eigenvalue weighted by Gasteiger charge is 2.06. The summed E-state index contributed by atoms with van der Waals surface area (Å²) >= 11 is 0. The fraction of sp³-hybridized carbons (Fsp3) is 0.286. The van der Waals surface area contributed by atoms with Crippen LogP contribution in [0.15, 0.2) is 30.6 Å². The standard InChI is InChI=1S/C14H15NO/c1-10(5-6-16)12-3-4-14-11(2)8-15-9-13(14)7-12/h3-4,6-10H,5H2,1-2H3. The van der Waals surface area contributed by atoms with E-state index in [4.69, 9.17) is 0 Å². The number of pyridine rings is 1. The smallest absolute Gasteiger partial charge is 0.120 e. The Morgan fingerprint density at radius 1 is 1.38 bits per heavy atom. The predicted octanol–water partition coefficient (Wildman–Crippen LogP) is 3.24. The van der Waals surface area contributed by atoms with Crippen molar-refractivity contribution in [2.45, 2.75) is 26.2 Å². The molecule has 1 aromatic heterocycles. The summed E-state index contributed by atoms with van der Waals surface area (Å²) in [5.41, 5.74) is 2.39. The third kappa shape index (κ3) is 1.96. The molecule has 0 radical (unpaired) electrons. The van der Waals surface area contributed by atoms with Gasteiger partial charge in [0.25, 0.3) is 0 Å². The van der Waals surface area contributed by atoms with Gasteiger partial charge in [-0.05, 0) is 35.4 Å². The molecule has 2 aromatic rings. The van der Waals surface area contributed by atoms with Crippen LogP contribution in [-0.2, 0) is 4.79 Å². The molecule has 0 saturated heterocycles. The summed E-state index contributed by atoms with van der Waals surface area (Å²) in [6.07, 6.45) is 5.30. The number of nitrogens with zero attached hydrogens (tertiary/aromatic N) is 1. The first-order chi connectivity index (χ1) is 7.72. The Bertz CT molecular complexity index is 519. The van der Waals surface area contributed by atoms with Crippen molar-refractivity contribution >= 4 is 17.1 Å². The number of rotatable bonds is 3. The van der Waals surface area contributed by atoms with Crippen molar-refractivity contribution in [1.82, 2.24) is 4.98 Å². The van der Waals surface area contributed by atoms with Gasteiger partial charge in [0.1, 0.15) is 6.29 Å². The molecule has 1 aromatic carbocycles. The van der Waals surface area contributed by atoms with Crippen molar-refractivity contribution in [1.29, 1.82) is 0 Å². The molecule has 82 valence electrons. The molecule has 1 atom stereocenters. The van der Waals surface area contributed by atoms with Crippen LogP contribution in [0.2, 0.25) is 0 Å². The number of carbonyl (C=O) groups excluding carboxylic acids is 1. The lowest BCUT2D eigenvalue weighted by molar-refractivity contribution is -0.108. The highest BCUT2D eigenvalue weighted by atomic mass is 16.1. The van der Waals surface area contributed by atoms with Gasteiger partial charge < -0.3 is 4.79 Å². The molecule has 0 saturated carbocycles. The molecular formula is C14H15NO. The molecule has 0 bridgehead atoms. The van der Waals surface area contributed by atoms with Crippen LogP contribution in [0.1, 0.15) is 30.4 Å². The van der Waals surface area contributed by atoms with Crippen molar-refractivity contribution < 1.29 is 4.79 Å². The summed E-state index contributed by atoms with van der Waals surface area (Å²) in [6, 6.07) is 6.34. The quantitative estimate of drug-likeness (QED) is 0.733. The largest absolute Gasteiger partial charge is 0.303 e. The van der Waals surface area contributed by atoms with E-state index in [2.05, 4.69) is 37.0 Å². The zero-order valence-corrected chi connectivity index (χ0v) is 9.60. The van der Waals surface area contributed by atoms with Crippen LogP contribution < -0.4 is 0 Å². The zero-order chi connectivity index (χ0) is 11.5. The van der Waals surface area contributed by atoms with Crippen LogP contribution >= 0.6 is 0 Å². The maximum atomic E-state index is 10.5. The molecule has 2 heteroatoms. The second kappa shape index (κ2) is 4.44. The number of carbonyl (C=O) groups is 1. The average molecular weight is 213 g/mol. The fourth-order valence-corrected chi connectivity index (χ4v) is 1.93. The summed E-state index contributed by atoms with van der Waals surface area (Å²) in [5.74, 6) is 0.280. The number of benzene rings is 1. The van der Waals surface area contributed by atoms with E-state index in [9.17, 15) is 4.79 Å². The first-order valence-electron chi connectivity index (χ1n) is 5.50. The monoisotopic (exact) mass is 213 g/mol. The summed E-state index contributed by atoms with van der Waals surface area (Å²) < 4.78 is 0. The van der Waals surface area contributed by atoms with Gasteiger partial charge in [-0.1, -0.05) is 19.1 Å². The first-order valence-corrected chi connectivity index (χ1v) is 5.50. The molecule has 0 aliphatic rings. The number of aromatic nitrogens is 1. The van der Waals surface area contributed by atoms with Gasteiger partial charge in [-0.15, -0.1) is 0 Å². The van der Waals surface area contributed by atoms with Crippen molar-refractivity contribution in [3.8, 4) is 0 Å². The Hall–Kier alpha value is -1.70. The number of aldehydes is 1. The van der Waals surface area contributed by atoms with Crippen molar-refractivity contribution in [3.05, 3.63) is 41.7 Å². The summed E-state index contributed by atoms with van der Waals surface area (Å²) in [4.78, 5) is 14.7. The summed E-state index contributed by atoms with van der Waals surface area (Å²) in [5, 5.41) is 2.38. The molecule has 16 heavy (non-hydrogen) atoms. The van der Waals surface area contributed by atoms with E-state index in [1.165, 1.54) is 16.5 Å². The van der Waals surface area contributed by atoms with Crippen LogP contribution in [0.3, 0.4) is 0 Å². The summed E-state index contributed by atoms with van der Waals surface area (Å²) in [7, 11) is 0. The Morgan fingerprint density at radius 2 is 2.19 bits per heavy atom. The maximum absolute atomic E-state index is 10.5. The van der Waals surface area contributed by atoms with Gasteiger partial charge in [-0.25, -0.2) is 0 Å². The Labute approximate surface area is 95.3 Å². The van der Waals surface area contributed by atoms with Crippen LogP contribution in [0.25, 0.3) is 10.8 Å². The van der Waals surface area contributed by atoms with Crippen LogP contribution in [0.4, 0.5) is 0 Å². The number of aryl methyl sites for hydroxylation is 1. The lowest BCUT2D eigenvalue weighted by Gasteiger charge is -2.10. The number of hydrogen-bond acceptors (Lipinski definition) is 2. The van der Waals surface area contributed by atoms with E-state index in [-0.39, 0.29) is 5.92 Å². The number of hydrogen-bond donors (Lipinski definition) is 0. The molecule has 0 aliphatic heterocycles. The second-order valence-electron chi connectivity index (χ2n) is 4.24. The van der Waals surface area contributed by atoms with Gasteiger partial charge in [-0.3, -0.25) is 4.98 Å². The van der Waals surface area contributed by atoms with Crippen LogP contribution in [-0.4, -0.2) is 11.3 Å². The number of fused-ring (bicyclic) bond motifs is 1. The Morgan fingerprint density at radius 3 is 2.94 bits per heavy atom. The maximum Gasteiger partial charge on any atom is 0.120 e. The van der Waals surface area contributed by atoms with E-state index < -0.39 is 0 Å². The van der Waals surface area contributed by atoms with Crippen molar-refractivity contribution in [3.63, 3.8) is 0 Å². The van der Waals surface area contributed by atoms with Gasteiger partial charge in [0.15, 0.2) is 0 Å². The van der Waals surface area contributed by atoms with E-state index in [0.717, 1.165) is 11.7 Å². The van der Waals surface area contributed by atoms with E-state index in [1.54, 1.807) is 0 Å². The van der Waals surface area contributed by atoms with Gasteiger partial charge in [0.2, 0.25) is 0 Å². The van der Waals surface area contributed by atoms with Crippen LogP contribution in [0.5, 0.6) is 0 Å². The molecular weight excluding hydrogens is 198 g/mol. The normalized spacial score (nSPS) is 12.6. The third-order valence-corrected chi connectivity index (χ3v) is 3.00.